The summed E-state index contributed by atoms with van der Waals surface area (Å²) in [5, 5.41) is 8.83. The summed E-state index contributed by atoms with van der Waals surface area (Å²) in [4.78, 5) is 10.7. The number of aromatic nitrogens is 1. The average molecular weight is 292 g/mol. The van der Waals surface area contributed by atoms with Crippen LogP contribution in [-0.2, 0) is 6.54 Å². The quantitative estimate of drug-likeness (QED) is 0.452. The van der Waals surface area contributed by atoms with Gasteiger partial charge in [-0.1, -0.05) is 58.3 Å². The van der Waals surface area contributed by atoms with E-state index in [0.717, 1.165) is 6.54 Å². The van der Waals surface area contributed by atoms with E-state index >= 15 is 0 Å². The average Bonchev–Trinajstić information content (AvgIpc) is 2.49. The number of hydrogen-bond donors (Lipinski definition) is 1. The van der Waals surface area contributed by atoms with Crippen LogP contribution in [0, 0.1) is 0 Å². The topological polar surface area (TPSA) is 41.2 Å². The molecule has 118 valence electrons. The van der Waals surface area contributed by atoms with E-state index in [-0.39, 0.29) is 0 Å². The highest BCUT2D eigenvalue weighted by Gasteiger charge is 2.05. The Morgan fingerprint density at radius 3 is 1.86 bits per heavy atom. The van der Waals surface area contributed by atoms with E-state index in [1.54, 1.807) is 12.1 Å². The first-order valence-corrected chi connectivity index (χ1v) is 8.46. The maximum absolute atomic E-state index is 10.7. The Bertz CT molecular complexity index is 387. The van der Waals surface area contributed by atoms with Crippen molar-refractivity contribution in [2.45, 2.75) is 77.7 Å². The number of hydrogen-bond acceptors (Lipinski definition) is 1. The molecule has 0 bridgehead atoms. The molecule has 0 atom stereocenters. The van der Waals surface area contributed by atoms with Crippen molar-refractivity contribution in [3.05, 3.63) is 30.1 Å². The molecule has 0 fully saturated rings. The molecule has 0 unspecified atom stereocenters. The van der Waals surface area contributed by atoms with Crippen molar-refractivity contribution in [1.29, 1.82) is 0 Å². The molecule has 0 saturated heterocycles. The van der Waals surface area contributed by atoms with Crippen LogP contribution in [0.2, 0.25) is 0 Å². The lowest BCUT2D eigenvalue weighted by molar-refractivity contribution is -0.697. The number of nitrogens with zero attached hydrogens (tertiary/aromatic N) is 1. The fourth-order valence-electron chi connectivity index (χ4n) is 2.53. The zero-order valence-corrected chi connectivity index (χ0v) is 13.4. The standard InChI is InChI=1S/C18H29NO2/c1-2-3-4-5-6-7-8-9-10-11-14-19-15-12-17(13-16-19)18(20)21/h12-13,15-16H,2-11,14H2,1H3/p+1. The predicted octanol–water partition coefficient (Wildman–Crippen LogP) is 4.59. The molecule has 1 heterocycles. The third-order valence-electron chi connectivity index (χ3n) is 3.91. The van der Waals surface area contributed by atoms with Gasteiger partial charge >= 0.3 is 5.97 Å². The number of aromatic carboxylic acids is 1. The number of rotatable bonds is 12. The van der Waals surface area contributed by atoms with Gasteiger partial charge in [0.05, 0.1) is 5.56 Å². The molecular formula is C18H30NO2+. The predicted molar refractivity (Wildman–Crippen MR) is 85.4 cm³/mol. The van der Waals surface area contributed by atoms with Gasteiger partial charge in [-0.2, -0.15) is 0 Å². The van der Waals surface area contributed by atoms with Gasteiger partial charge in [0.25, 0.3) is 0 Å². The van der Waals surface area contributed by atoms with Gasteiger partial charge in [-0.15, -0.1) is 0 Å². The summed E-state index contributed by atoms with van der Waals surface area (Å²) >= 11 is 0. The highest BCUT2D eigenvalue weighted by Crippen LogP contribution is 2.10. The number of aryl methyl sites for hydroxylation is 1. The molecule has 0 aliphatic carbocycles. The summed E-state index contributed by atoms with van der Waals surface area (Å²) < 4.78 is 2.07. The Balaban J connectivity index is 1.98. The molecule has 0 spiro atoms. The first-order valence-electron chi connectivity index (χ1n) is 8.46. The molecule has 3 heteroatoms. The second-order valence-corrected chi connectivity index (χ2v) is 5.81. The zero-order chi connectivity index (χ0) is 15.3. The first-order chi connectivity index (χ1) is 10.2. The van der Waals surface area contributed by atoms with E-state index < -0.39 is 5.97 Å². The normalized spacial score (nSPS) is 10.7. The van der Waals surface area contributed by atoms with Gasteiger partial charge in [0.15, 0.2) is 12.4 Å². The summed E-state index contributed by atoms with van der Waals surface area (Å²) in [6, 6.07) is 3.33. The Hall–Kier alpha value is -1.38. The molecular weight excluding hydrogens is 262 g/mol. The van der Waals surface area contributed by atoms with Crippen molar-refractivity contribution in [2.24, 2.45) is 0 Å². The third-order valence-corrected chi connectivity index (χ3v) is 3.91. The van der Waals surface area contributed by atoms with Crippen molar-refractivity contribution in [3.8, 4) is 0 Å². The van der Waals surface area contributed by atoms with Crippen LogP contribution in [0.4, 0.5) is 0 Å². The van der Waals surface area contributed by atoms with E-state index in [0.29, 0.717) is 5.56 Å². The van der Waals surface area contributed by atoms with Gasteiger partial charge < -0.3 is 5.11 Å². The highest BCUT2D eigenvalue weighted by molar-refractivity contribution is 5.87. The lowest BCUT2D eigenvalue weighted by Gasteiger charge is -2.01. The maximum atomic E-state index is 10.7. The number of carboxylic acid groups (broad SMARTS) is 1. The van der Waals surface area contributed by atoms with Gasteiger partial charge in [-0.3, -0.25) is 0 Å². The Kier molecular flexibility index (Phi) is 9.51. The number of carbonyl (C=O) groups is 1. The molecule has 0 aromatic carbocycles. The second kappa shape index (κ2) is 11.3. The summed E-state index contributed by atoms with van der Waals surface area (Å²) in [7, 11) is 0. The molecule has 0 aliphatic heterocycles. The van der Waals surface area contributed by atoms with Crippen LogP contribution in [0.1, 0.15) is 81.5 Å². The number of unbranched alkanes of at least 4 members (excludes halogenated alkanes) is 9. The van der Waals surface area contributed by atoms with Crippen LogP contribution in [-0.4, -0.2) is 11.1 Å². The molecule has 1 aromatic rings. The SMILES string of the molecule is CCCCCCCCCCCC[n+]1ccc(C(=O)O)cc1. The van der Waals surface area contributed by atoms with Crippen LogP contribution in [0.25, 0.3) is 0 Å². The van der Waals surface area contributed by atoms with Crippen LogP contribution in [0.3, 0.4) is 0 Å². The maximum Gasteiger partial charge on any atom is 0.336 e. The molecule has 1 N–H and O–H groups in total. The Morgan fingerprint density at radius 1 is 0.905 bits per heavy atom. The fraction of sp³-hybridized carbons (Fsp3) is 0.667. The van der Waals surface area contributed by atoms with E-state index in [1.165, 1.54) is 64.2 Å². The minimum Gasteiger partial charge on any atom is -0.478 e. The molecule has 0 aliphatic rings. The smallest absolute Gasteiger partial charge is 0.336 e. The minimum absolute atomic E-state index is 0.356. The van der Waals surface area contributed by atoms with E-state index in [4.69, 9.17) is 5.11 Å². The van der Waals surface area contributed by atoms with E-state index in [9.17, 15) is 4.79 Å². The second-order valence-electron chi connectivity index (χ2n) is 5.81. The van der Waals surface area contributed by atoms with Crippen LogP contribution >= 0.6 is 0 Å². The van der Waals surface area contributed by atoms with Gasteiger partial charge in [0.1, 0.15) is 6.54 Å². The summed E-state index contributed by atoms with van der Waals surface area (Å²) in [6.45, 7) is 3.24. The molecule has 1 rings (SSSR count). The number of carboxylic acids is 1. The molecule has 0 saturated carbocycles. The zero-order valence-electron chi connectivity index (χ0n) is 13.4. The lowest BCUT2D eigenvalue weighted by atomic mass is 10.1. The molecule has 21 heavy (non-hydrogen) atoms. The number of pyridine rings is 1. The lowest BCUT2D eigenvalue weighted by Crippen LogP contribution is -2.32. The van der Waals surface area contributed by atoms with Crippen molar-refractivity contribution in [1.82, 2.24) is 0 Å². The largest absolute Gasteiger partial charge is 0.478 e. The summed E-state index contributed by atoms with van der Waals surface area (Å²) in [5.41, 5.74) is 0.356. The van der Waals surface area contributed by atoms with Gasteiger partial charge in [0.2, 0.25) is 0 Å². The van der Waals surface area contributed by atoms with E-state index in [2.05, 4.69) is 11.5 Å². The van der Waals surface area contributed by atoms with Crippen LogP contribution in [0.5, 0.6) is 0 Å². The molecule has 0 amide bonds. The molecule has 0 radical (unpaired) electrons. The summed E-state index contributed by atoms with van der Waals surface area (Å²) in [5.74, 6) is -0.860. The first kappa shape index (κ1) is 17.7. The Labute approximate surface area is 129 Å². The van der Waals surface area contributed by atoms with Gasteiger partial charge in [-0.05, 0) is 6.42 Å². The van der Waals surface area contributed by atoms with Crippen molar-refractivity contribution >= 4 is 5.97 Å². The monoisotopic (exact) mass is 292 g/mol. The van der Waals surface area contributed by atoms with Crippen molar-refractivity contribution in [2.75, 3.05) is 0 Å². The minimum atomic E-state index is -0.860. The van der Waals surface area contributed by atoms with Crippen molar-refractivity contribution in [3.63, 3.8) is 0 Å². The molecule has 1 aromatic heterocycles. The fourth-order valence-corrected chi connectivity index (χ4v) is 2.53. The Morgan fingerprint density at radius 2 is 1.38 bits per heavy atom. The summed E-state index contributed by atoms with van der Waals surface area (Å²) in [6.07, 6.45) is 17.1. The van der Waals surface area contributed by atoms with Crippen molar-refractivity contribution < 1.29 is 14.5 Å². The van der Waals surface area contributed by atoms with Gasteiger partial charge in [-0.25, -0.2) is 9.36 Å². The van der Waals surface area contributed by atoms with E-state index in [1.807, 2.05) is 12.4 Å². The van der Waals surface area contributed by atoms with Crippen LogP contribution < -0.4 is 4.57 Å². The molecule has 3 nitrogen and oxygen atoms in total. The highest BCUT2D eigenvalue weighted by atomic mass is 16.4. The third kappa shape index (κ3) is 8.49. The van der Waals surface area contributed by atoms with Gasteiger partial charge in [0, 0.05) is 18.6 Å². The van der Waals surface area contributed by atoms with Crippen LogP contribution in [0.15, 0.2) is 24.5 Å².